The van der Waals surface area contributed by atoms with Crippen LogP contribution in [0.1, 0.15) is 45.6 Å². The van der Waals surface area contributed by atoms with Gasteiger partial charge in [-0.05, 0) is 39.7 Å². The third-order valence-corrected chi connectivity index (χ3v) is 6.39. The van der Waals surface area contributed by atoms with Crippen molar-refractivity contribution < 1.29 is 8.42 Å². The highest BCUT2D eigenvalue weighted by molar-refractivity contribution is 7.91. The number of anilines is 1. The molecule has 1 aliphatic rings. The number of hydrogen-bond acceptors (Lipinski definition) is 5. The van der Waals surface area contributed by atoms with E-state index in [1.54, 1.807) is 12.3 Å². The van der Waals surface area contributed by atoms with Gasteiger partial charge in [0.15, 0.2) is 0 Å². The van der Waals surface area contributed by atoms with Crippen molar-refractivity contribution in [2.45, 2.75) is 50.3 Å². The van der Waals surface area contributed by atoms with Crippen LogP contribution in [0, 0.1) is 11.3 Å². The molecule has 22 heavy (non-hydrogen) atoms. The molecular formula is C15H22N4O2S. The number of rotatable bonds is 5. The van der Waals surface area contributed by atoms with Gasteiger partial charge in [0.1, 0.15) is 10.8 Å². The fourth-order valence-corrected chi connectivity index (χ4v) is 4.63. The topological polar surface area (TPSA) is 94.9 Å². The molecule has 2 N–H and O–H groups in total. The summed E-state index contributed by atoms with van der Waals surface area (Å²) in [4.78, 5) is 3.90. The van der Waals surface area contributed by atoms with Gasteiger partial charge in [-0.2, -0.15) is 5.26 Å². The molecule has 0 aliphatic heterocycles. The molecule has 0 atom stereocenters. The van der Waals surface area contributed by atoms with Crippen molar-refractivity contribution >= 4 is 15.7 Å². The maximum Gasteiger partial charge on any atom is 0.219 e. The lowest BCUT2D eigenvalue weighted by molar-refractivity contribution is 0.339. The van der Waals surface area contributed by atoms with E-state index in [1.165, 1.54) is 6.20 Å². The second-order valence-corrected chi connectivity index (χ2v) is 8.86. The second kappa shape index (κ2) is 5.86. The molecule has 1 aliphatic carbocycles. The van der Waals surface area contributed by atoms with Gasteiger partial charge in [-0.1, -0.05) is 6.42 Å². The zero-order chi connectivity index (χ0) is 16.4. The Hall–Kier alpha value is -1.65. The third kappa shape index (κ3) is 3.39. The normalized spacial score (nSPS) is 17.4. The molecule has 6 nitrogen and oxygen atoms in total. The standard InChI is InChI=1S/C15H22N4O2S/c1-14(2,3)19-22(20,21)15(6-4-7-15)11-18-13-5-8-17-10-12(13)9-16/h5,8,10,19H,4,6-7,11H2,1-3H3,(H,17,18). The predicted octanol–water partition coefficient (Wildman–Crippen LogP) is 2.01. The van der Waals surface area contributed by atoms with Crippen LogP contribution in [0.15, 0.2) is 18.5 Å². The summed E-state index contributed by atoms with van der Waals surface area (Å²) in [5.74, 6) is 0. The van der Waals surface area contributed by atoms with Gasteiger partial charge in [-0.15, -0.1) is 0 Å². The first-order valence-corrected chi connectivity index (χ1v) is 8.79. The molecular weight excluding hydrogens is 300 g/mol. The fourth-order valence-electron chi connectivity index (χ4n) is 2.52. The van der Waals surface area contributed by atoms with Crippen LogP contribution >= 0.6 is 0 Å². The van der Waals surface area contributed by atoms with Gasteiger partial charge >= 0.3 is 0 Å². The van der Waals surface area contributed by atoms with E-state index in [1.807, 2.05) is 20.8 Å². The first kappa shape index (κ1) is 16.7. The van der Waals surface area contributed by atoms with E-state index in [-0.39, 0.29) is 6.54 Å². The van der Waals surface area contributed by atoms with Crippen molar-refractivity contribution in [2.24, 2.45) is 0 Å². The Bertz CT molecular complexity index is 682. The third-order valence-electron chi connectivity index (χ3n) is 3.82. The van der Waals surface area contributed by atoms with E-state index in [4.69, 9.17) is 5.26 Å². The summed E-state index contributed by atoms with van der Waals surface area (Å²) < 4.78 is 27.3. The zero-order valence-electron chi connectivity index (χ0n) is 13.2. The van der Waals surface area contributed by atoms with Crippen molar-refractivity contribution in [3.05, 3.63) is 24.0 Å². The summed E-state index contributed by atoms with van der Waals surface area (Å²) in [6.07, 6.45) is 5.20. The maximum absolute atomic E-state index is 12.7. The van der Waals surface area contributed by atoms with Gasteiger partial charge in [0.05, 0.1) is 11.3 Å². The lowest BCUT2D eigenvalue weighted by Crippen LogP contribution is -2.58. The van der Waals surface area contributed by atoms with Gasteiger partial charge in [-0.3, -0.25) is 4.98 Å². The van der Waals surface area contributed by atoms with Crippen molar-refractivity contribution in [2.75, 3.05) is 11.9 Å². The fraction of sp³-hybridized carbons (Fsp3) is 0.600. The Morgan fingerprint density at radius 3 is 2.59 bits per heavy atom. The molecule has 0 aromatic carbocycles. The smallest absolute Gasteiger partial charge is 0.219 e. The summed E-state index contributed by atoms with van der Waals surface area (Å²) in [6, 6.07) is 3.74. The molecule has 1 aromatic rings. The lowest BCUT2D eigenvalue weighted by atomic mass is 9.84. The van der Waals surface area contributed by atoms with Gasteiger partial charge in [0, 0.05) is 24.5 Å². The Morgan fingerprint density at radius 1 is 1.41 bits per heavy atom. The van der Waals surface area contributed by atoms with Crippen LogP contribution < -0.4 is 10.0 Å². The van der Waals surface area contributed by atoms with Crippen LogP contribution in [-0.2, 0) is 10.0 Å². The largest absolute Gasteiger partial charge is 0.382 e. The van der Waals surface area contributed by atoms with Crippen LogP contribution in [-0.4, -0.2) is 30.2 Å². The molecule has 2 rings (SSSR count). The Labute approximate surface area is 132 Å². The van der Waals surface area contributed by atoms with Gasteiger partial charge < -0.3 is 5.32 Å². The number of nitrogens with one attached hydrogen (secondary N) is 2. The highest BCUT2D eigenvalue weighted by Crippen LogP contribution is 2.39. The van der Waals surface area contributed by atoms with Gasteiger partial charge in [0.2, 0.25) is 10.0 Å². The monoisotopic (exact) mass is 322 g/mol. The summed E-state index contributed by atoms with van der Waals surface area (Å²) in [5.41, 5.74) is 0.531. The average Bonchev–Trinajstić information content (AvgIpc) is 2.34. The van der Waals surface area contributed by atoms with E-state index < -0.39 is 20.3 Å². The van der Waals surface area contributed by atoms with Gasteiger partial charge in [-0.25, -0.2) is 13.1 Å². The van der Waals surface area contributed by atoms with Crippen LogP contribution in [0.4, 0.5) is 5.69 Å². The summed E-state index contributed by atoms with van der Waals surface area (Å²) >= 11 is 0. The van der Waals surface area contributed by atoms with Crippen molar-refractivity contribution in [1.29, 1.82) is 5.26 Å². The Morgan fingerprint density at radius 2 is 2.09 bits per heavy atom. The minimum absolute atomic E-state index is 0.289. The van der Waals surface area contributed by atoms with E-state index in [9.17, 15) is 8.42 Å². The Kier molecular flexibility index (Phi) is 4.45. The number of pyridine rings is 1. The maximum atomic E-state index is 12.7. The number of aromatic nitrogens is 1. The quantitative estimate of drug-likeness (QED) is 0.864. The molecule has 0 unspecified atom stereocenters. The second-order valence-electron chi connectivity index (χ2n) is 6.78. The molecule has 0 amide bonds. The SMILES string of the molecule is CC(C)(C)NS(=O)(=O)C1(CNc2ccncc2C#N)CCC1. The zero-order valence-corrected chi connectivity index (χ0v) is 14.0. The van der Waals surface area contributed by atoms with Crippen molar-refractivity contribution in [3.8, 4) is 6.07 Å². The van der Waals surface area contributed by atoms with E-state index >= 15 is 0 Å². The van der Waals surface area contributed by atoms with Crippen molar-refractivity contribution in [1.82, 2.24) is 9.71 Å². The predicted molar refractivity (Wildman–Crippen MR) is 85.8 cm³/mol. The molecule has 0 radical (unpaired) electrons. The minimum Gasteiger partial charge on any atom is -0.382 e. The van der Waals surface area contributed by atoms with Crippen LogP contribution in [0.3, 0.4) is 0 Å². The molecule has 1 fully saturated rings. The molecule has 7 heteroatoms. The van der Waals surface area contributed by atoms with E-state index in [2.05, 4.69) is 21.1 Å². The number of nitriles is 1. The van der Waals surface area contributed by atoms with Crippen molar-refractivity contribution in [3.63, 3.8) is 0 Å². The summed E-state index contributed by atoms with van der Waals surface area (Å²) in [7, 11) is -3.44. The van der Waals surface area contributed by atoms with E-state index in [0.717, 1.165) is 6.42 Å². The van der Waals surface area contributed by atoms with Crippen LogP contribution in [0.2, 0.25) is 0 Å². The van der Waals surface area contributed by atoms with Crippen LogP contribution in [0.25, 0.3) is 0 Å². The Balaban J connectivity index is 2.17. The molecule has 1 saturated carbocycles. The number of nitrogens with zero attached hydrogens (tertiary/aromatic N) is 2. The van der Waals surface area contributed by atoms with Crippen LogP contribution in [0.5, 0.6) is 0 Å². The first-order valence-electron chi connectivity index (χ1n) is 7.31. The highest BCUT2D eigenvalue weighted by Gasteiger charge is 2.49. The summed E-state index contributed by atoms with van der Waals surface area (Å²) in [6.45, 7) is 5.79. The molecule has 120 valence electrons. The highest BCUT2D eigenvalue weighted by atomic mass is 32.2. The van der Waals surface area contributed by atoms with E-state index in [0.29, 0.717) is 24.1 Å². The first-order chi connectivity index (χ1) is 10.2. The number of sulfonamides is 1. The number of hydrogen-bond donors (Lipinski definition) is 2. The molecule has 0 spiro atoms. The molecule has 0 bridgehead atoms. The lowest BCUT2D eigenvalue weighted by Gasteiger charge is -2.42. The molecule has 1 aromatic heterocycles. The summed E-state index contributed by atoms with van der Waals surface area (Å²) in [5, 5.41) is 12.2. The minimum atomic E-state index is -3.44. The molecule has 1 heterocycles. The van der Waals surface area contributed by atoms with Gasteiger partial charge in [0.25, 0.3) is 0 Å². The average molecular weight is 322 g/mol. The molecule has 0 saturated heterocycles.